The van der Waals surface area contributed by atoms with Crippen molar-refractivity contribution >= 4 is 18.3 Å². The van der Waals surface area contributed by atoms with Crippen LogP contribution >= 0.6 is 0 Å². The van der Waals surface area contributed by atoms with Gasteiger partial charge in [0, 0.05) is 13.1 Å². The zero-order valence-electron chi connectivity index (χ0n) is 37.8. The minimum Gasteiger partial charge on any atom is -0.473 e. The number of carbonyl (C=O) groups excluding carboxylic acids is 3. The number of hydrogen-bond donors (Lipinski definition) is 0. The van der Waals surface area contributed by atoms with E-state index in [1.807, 2.05) is 27.7 Å². The molecule has 326 valence electrons. The molecule has 0 aromatic rings. The summed E-state index contributed by atoms with van der Waals surface area (Å²) in [7, 11) is 0. The molecule has 0 N–H and O–H groups in total. The molecule has 2 aliphatic rings. The van der Waals surface area contributed by atoms with E-state index in [9.17, 15) is 14.4 Å². The zero-order valence-corrected chi connectivity index (χ0v) is 37.8. The predicted molar refractivity (Wildman–Crippen MR) is 229 cm³/mol. The molecule has 2 fully saturated rings. The summed E-state index contributed by atoms with van der Waals surface area (Å²) in [6.07, 6.45) is 24.8. The maximum Gasteiger partial charge on any atom is 0.419 e. The number of unbranched alkanes of at least 4 members (excludes halogenated alkanes) is 12. The standard InChI is InChI=1S/C47H86N2O7/c1-11-15-16-17-20-23-30-37-48(40(6)53-44(7,8)12-2)41(50)54-45(9,10)39(5)32-25-22-19-18-21-24-31-38-49(42(51)55-46(13-3)33-26-27-34-46)43(52)56-47(14-4)35-28-29-36-47/h39H,6,11-38H2,1-5,7-10H3. The van der Waals surface area contributed by atoms with Crippen molar-refractivity contribution in [2.45, 2.75) is 252 Å². The Hall–Kier alpha value is -2.45. The van der Waals surface area contributed by atoms with Crippen LogP contribution in [0.3, 0.4) is 0 Å². The molecule has 0 spiro atoms. The predicted octanol–water partition coefficient (Wildman–Crippen LogP) is 14.4. The number of amides is 3. The first-order valence-corrected chi connectivity index (χ1v) is 23.2. The summed E-state index contributed by atoms with van der Waals surface area (Å²) in [5.74, 6) is 0.553. The molecule has 3 amide bonds. The van der Waals surface area contributed by atoms with E-state index >= 15 is 0 Å². The Labute approximate surface area is 343 Å². The first kappa shape index (κ1) is 49.7. The van der Waals surface area contributed by atoms with Gasteiger partial charge in [-0.3, -0.25) is 0 Å². The van der Waals surface area contributed by atoms with Crippen LogP contribution in [-0.4, -0.2) is 63.6 Å². The minimum absolute atomic E-state index is 0.186. The molecule has 1 unspecified atom stereocenters. The molecule has 2 aliphatic carbocycles. The smallest absolute Gasteiger partial charge is 0.419 e. The summed E-state index contributed by atoms with van der Waals surface area (Å²) < 4.78 is 24.5. The van der Waals surface area contributed by atoms with Gasteiger partial charge in [-0.05, 0) is 130 Å². The van der Waals surface area contributed by atoms with E-state index in [0.29, 0.717) is 19.0 Å². The van der Waals surface area contributed by atoms with E-state index in [2.05, 4.69) is 41.2 Å². The van der Waals surface area contributed by atoms with E-state index in [1.165, 1.54) is 37.0 Å². The molecule has 0 bridgehead atoms. The number of imide groups is 1. The summed E-state index contributed by atoms with van der Waals surface area (Å²) in [6, 6.07) is 0. The topological polar surface area (TPSA) is 94.6 Å². The van der Waals surface area contributed by atoms with Gasteiger partial charge in [0.1, 0.15) is 22.4 Å². The fourth-order valence-electron chi connectivity index (χ4n) is 8.16. The van der Waals surface area contributed by atoms with Gasteiger partial charge in [-0.1, -0.05) is 112 Å². The highest BCUT2D eigenvalue weighted by molar-refractivity contribution is 5.88. The van der Waals surface area contributed by atoms with Crippen LogP contribution in [0.4, 0.5) is 14.4 Å². The van der Waals surface area contributed by atoms with Gasteiger partial charge in [-0.2, -0.15) is 0 Å². The molecule has 9 heteroatoms. The third-order valence-corrected chi connectivity index (χ3v) is 13.2. The van der Waals surface area contributed by atoms with Crippen LogP contribution in [-0.2, 0) is 18.9 Å². The summed E-state index contributed by atoms with van der Waals surface area (Å²) in [5, 5.41) is 0. The Bertz CT molecular complexity index is 1120. The molecule has 0 heterocycles. The first-order chi connectivity index (χ1) is 26.6. The second-order valence-corrected chi connectivity index (χ2v) is 18.4. The van der Waals surface area contributed by atoms with Crippen molar-refractivity contribution in [2.24, 2.45) is 5.92 Å². The zero-order chi connectivity index (χ0) is 41.7. The van der Waals surface area contributed by atoms with Crippen molar-refractivity contribution in [3.8, 4) is 0 Å². The molecule has 0 saturated heterocycles. The molecular formula is C47H86N2O7. The third-order valence-electron chi connectivity index (χ3n) is 13.2. The maximum absolute atomic E-state index is 13.6. The first-order valence-electron chi connectivity index (χ1n) is 23.2. The van der Waals surface area contributed by atoms with Crippen molar-refractivity contribution in [1.29, 1.82) is 0 Å². The van der Waals surface area contributed by atoms with Crippen LogP contribution < -0.4 is 0 Å². The Kier molecular flexibility index (Phi) is 22.3. The van der Waals surface area contributed by atoms with Crippen LogP contribution in [0, 0.1) is 5.92 Å². The van der Waals surface area contributed by atoms with Gasteiger partial charge in [0.05, 0.1) is 0 Å². The highest BCUT2D eigenvalue weighted by Gasteiger charge is 2.42. The normalized spacial score (nSPS) is 16.9. The maximum atomic E-state index is 13.6. The summed E-state index contributed by atoms with van der Waals surface area (Å²) >= 11 is 0. The van der Waals surface area contributed by atoms with E-state index in [4.69, 9.17) is 18.9 Å². The molecular weight excluding hydrogens is 705 g/mol. The van der Waals surface area contributed by atoms with Crippen molar-refractivity contribution in [3.63, 3.8) is 0 Å². The van der Waals surface area contributed by atoms with Crippen LogP contribution in [0.1, 0.15) is 229 Å². The van der Waals surface area contributed by atoms with Gasteiger partial charge in [-0.15, -0.1) is 0 Å². The second kappa shape index (κ2) is 25.1. The van der Waals surface area contributed by atoms with Crippen molar-refractivity contribution < 1.29 is 33.3 Å². The molecule has 56 heavy (non-hydrogen) atoms. The van der Waals surface area contributed by atoms with Gasteiger partial charge in [0.2, 0.25) is 0 Å². The second-order valence-electron chi connectivity index (χ2n) is 18.4. The van der Waals surface area contributed by atoms with E-state index < -0.39 is 34.6 Å². The lowest BCUT2D eigenvalue weighted by Gasteiger charge is -2.36. The van der Waals surface area contributed by atoms with Crippen LogP contribution in [0.2, 0.25) is 0 Å². The van der Waals surface area contributed by atoms with Gasteiger partial charge >= 0.3 is 18.3 Å². The van der Waals surface area contributed by atoms with Crippen molar-refractivity contribution in [2.75, 3.05) is 13.1 Å². The molecule has 0 aliphatic heterocycles. The molecule has 0 aromatic heterocycles. The van der Waals surface area contributed by atoms with E-state index in [-0.39, 0.29) is 12.0 Å². The number of carbonyl (C=O) groups is 3. The molecule has 0 aromatic carbocycles. The number of ether oxygens (including phenoxy) is 4. The SMILES string of the molecule is C=C(OC(C)(C)CC)N(CCCCCCCCC)C(=O)OC(C)(C)C(C)CCCCCCCCCN(C(=O)OC1(CC)CCCC1)C(=O)OC1(CC)CCCC1. The summed E-state index contributed by atoms with van der Waals surface area (Å²) in [5.41, 5.74) is -1.96. The number of nitrogens with zero attached hydrogens (tertiary/aromatic N) is 2. The van der Waals surface area contributed by atoms with Crippen molar-refractivity contribution in [3.05, 3.63) is 12.5 Å². The lowest BCUT2D eigenvalue weighted by molar-refractivity contribution is -0.0452. The third kappa shape index (κ3) is 17.2. The van der Waals surface area contributed by atoms with E-state index in [1.54, 1.807) is 4.90 Å². The quantitative estimate of drug-likeness (QED) is 0.0442. The van der Waals surface area contributed by atoms with Gasteiger partial charge in [0.15, 0.2) is 5.88 Å². The molecule has 0 radical (unpaired) electrons. The van der Waals surface area contributed by atoms with Crippen molar-refractivity contribution in [1.82, 2.24) is 9.80 Å². The number of hydrogen-bond acceptors (Lipinski definition) is 7. The van der Waals surface area contributed by atoms with Gasteiger partial charge < -0.3 is 18.9 Å². The Morgan fingerprint density at radius 3 is 1.43 bits per heavy atom. The highest BCUT2D eigenvalue weighted by atomic mass is 16.6. The van der Waals surface area contributed by atoms with Crippen LogP contribution in [0.5, 0.6) is 0 Å². The molecule has 2 saturated carbocycles. The highest BCUT2D eigenvalue weighted by Crippen LogP contribution is 2.38. The Morgan fingerprint density at radius 2 is 1.00 bits per heavy atom. The monoisotopic (exact) mass is 791 g/mol. The minimum atomic E-state index is -0.632. The van der Waals surface area contributed by atoms with Crippen LogP contribution in [0.25, 0.3) is 0 Å². The Morgan fingerprint density at radius 1 is 0.589 bits per heavy atom. The van der Waals surface area contributed by atoms with Gasteiger partial charge in [0.25, 0.3) is 0 Å². The molecule has 2 rings (SSSR count). The lowest BCUT2D eigenvalue weighted by atomic mass is 9.87. The summed E-state index contributed by atoms with van der Waals surface area (Å²) in [6.45, 7) is 23.7. The molecule has 9 nitrogen and oxygen atoms in total. The fraction of sp³-hybridized carbons (Fsp3) is 0.894. The van der Waals surface area contributed by atoms with Crippen LogP contribution in [0.15, 0.2) is 12.5 Å². The summed E-state index contributed by atoms with van der Waals surface area (Å²) in [4.78, 5) is 43.4. The lowest BCUT2D eigenvalue weighted by Crippen LogP contribution is -2.46. The Balaban J connectivity index is 1.80. The fourth-order valence-corrected chi connectivity index (χ4v) is 8.16. The number of rotatable bonds is 28. The average Bonchev–Trinajstić information content (AvgIpc) is 3.83. The largest absolute Gasteiger partial charge is 0.473 e. The van der Waals surface area contributed by atoms with Gasteiger partial charge in [-0.25, -0.2) is 24.2 Å². The average molecular weight is 791 g/mol. The molecule has 1 atom stereocenters. The van der Waals surface area contributed by atoms with E-state index in [0.717, 1.165) is 135 Å².